The Bertz CT molecular complexity index is 1500. The Balaban J connectivity index is 1.33. The van der Waals surface area contributed by atoms with Crippen LogP contribution in [0.1, 0.15) is 68.0 Å². The molecular formula is C29H35N5O4. The molecule has 1 aromatic carbocycles. The summed E-state index contributed by atoms with van der Waals surface area (Å²) in [5.41, 5.74) is 1.95. The normalized spacial score (nSPS) is 17.7. The summed E-state index contributed by atoms with van der Waals surface area (Å²) in [7, 11) is 0. The number of rotatable bonds is 7. The van der Waals surface area contributed by atoms with Gasteiger partial charge in [0.1, 0.15) is 0 Å². The van der Waals surface area contributed by atoms with Gasteiger partial charge >= 0.3 is 11.7 Å². The van der Waals surface area contributed by atoms with Crippen LogP contribution in [0.25, 0.3) is 10.9 Å². The molecule has 2 fully saturated rings. The van der Waals surface area contributed by atoms with E-state index >= 15 is 0 Å². The summed E-state index contributed by atoms with van der Waals surface area (Å²) in [5.74, 6) is 0.529. The zero-order chi connectivity index (χ0) is 27.0. The van der Waals surface area contributed by atoms with Crippen LogP contribution in [-0.4, -0.2) is 43.9 Å². The first-order valence-corrected chi connectivity index (χ1v) is 13.5. The molecule has 3 heterocycles. The number of piperidine rings is 1. The van der Waals surface area contributed by atoms with E-state index in [-0.39, 0.29) is 35.0 Å². The Morgan fingerprint density at radius 2 is 1.87 bits per heavy atom. The summed E-state index contributed by atoms with van der Waals surface area (Å²) in [6, 6.07) is 8.32. The molecule has 1 saturated heterocycles. The maximum atomic E-state index is 13.3. The second-order valence-electron chi connectivity index (χ2n) is 11.0. The number of aromatic nitrogens is 3. The number of benzene rings is 1. The summed E-state index contributed by atoms with van der Waals surface area (Å²) in [6.07, 6.45) is 5.82. The van der Waals surface area contributed by atoms with Crippen LogP contribution in [0, 0.1) is 18.8 Å². The van der Waals surface area contributed by atoms with E-state index in [9.17, 15) is 19.2 Å². The predicted octanol–water partition coefficient (Wildman–Crippen LogP) is 4.37. The molecule has 0 spiro atoms. The standard InChI is InChI=1S/C29H35N5O4/c1-18(2)34-25-9-8-23(15-24(25)27(36)33(29(34)38)17-20-6-7-20)31-28(37)32-12-4-5-21(16-32)14-26(35)22-10-11-30-19(3)13-22/h8-11,13,15,18,20-21H,4-7,12,14,16-17H2,1-3H3,(H,31,37). The van der Waals surface area contributed by atoms with Gasteiger partial charge in [-0.2, -0.15) is 0 Å². The van der Waals surface area contributed by atoms with E-state index < -0.39 is 0 Å². The van der Waals surface area contributed by atoms with Crippen molar-refractivity contribution in [1.82, 2.24) is 19.0 Å². The molecule has 38 heavy (non-hydrogen) atoms. The Labute approximate surface area is 221 Å². The first kappa shape index (κ1) is 25.9. The minimum Gasteiger partial charge on any atom is -0.324 e. The topological polar surface area (TPSA) is 106 Å². The van der Waals surface area contributed by atoms with Crippen LogP contribution in [-0.2, 0) is 6.54 Å². The van der Waals surface area contributed by atoms with Crippen LogP contribution in [0.3, 0.4) is 0 Å². The van der Waals surface area contributed by atoms with E-state index in [4.69, 9.17) is 0 Å². The molecule has 1 unspecified atom stereocenters. The smallest absolute Gasteiger partial charge is 0.324 e. The molecule has 5 rings (SSSR count). The van der Waals surface area contributed by atoms with E-state index in [0.717, 1.165) is 31.4 Å². The van der Waals surface area contributed by atoms with Gasteiger partial charge in [0.05, 0.1) is 10.9 Å². The molecule has 1 atom stereocenters. The number of pyridine rings is 1. The fourth-order valence-electron chi connectivity index (χ4n) is 5.40. The number of Topliss-reactive ketones (excluding diaryl/α,β-unsaturated/α-hetero) is 1. The van der Waals surface area contributed by atoms with Crippen molar-refractivity contribution in [2.75, 3.05) is 18.4 Å². The number of anilines is 1. The Hall–Kier alpha value is -3.75. The number of amides is 2. The SMILES string of the molecule is Cc1cc(C(=O)CC2CCCN(C(=O)Nc3ccc4c(c3)c(=O)n(CC3CC3)c(=O)n4C(C)C)C2)ccn1. The number of hydrogen-bond acceptors (Lipinski definition) is 5. The van der Waals surface area contributed by atoms with Crippen molar-refractivity contribution in [2.24, 2.45) is 11.8 Å². The van der Waals surface area contributed by atoms with Crippen molar-refractivity contribution >= 4 is 28.4 Å². The summed E-state index contributed by atoms with van der Waals surface area (Å²) < 4.78 is 3.00. The molecule has 9 nitrogen and oxygen atoms in total. The number of fused-ring (bicyclic) bond motifs is 1. The molecule has 1 aliphatic carbocycles. The van der Waals surface area contributed by atoms with Gasteiger partial charge < -0.3 is 10.2 Å². The van der Waals surface area contributed by atoms with Gasteiger partial charge in [-0.15, -0.1) is 0 Å². The monoisotopic (exact) mass is 517 g/mol. The molecule has 0 radical (unpaired) electrons. The van der Waals surface area contributed by atoms with Crippen LogP contribution in [0.15, 0.2) is 46.1 Å². The van der Waals surface area contributed by atoms with Crippen molar-refractivity contribution in [2.45, 2.75) is 65.5 Å². The fraction of sp³-hybridized carbons (Fsp3) is 0.483. The lowest BCUT2D eigenvalue weighted by Gasteiger charge is -2.32. The largest absolute Gasteiger partial charge is 0.331 e. The van der Waals surface area contributed by atoms with Gasteiger partial charge in [0.15, 0.2) is 5.78 Å². The molecular weight excluding hydrogens is 482 g/mol. The van der Waals surface area contributed by atoms with Crippen molar-refractivity contribution in [1.29, 1.82) is 0 Å². The van der Waals surface area contributed by atoms with Gasteiger partial charge in [0.25, 0.3) is 5.56 Å². The molecule has 2 amide bonds. The fourth-order valence-corrected chi connectivity index (χ4v) is 5.40. The number of hydrogen-bond donors (Lipinski definition) is 1. The first-order valence-electron chi connectivity index (χ1n) is 13.5. The number of urea groups is 1. The van der Waals surface area contributed by atoms with Crippen LogP contribution in [0.4, 0.5) is 10.5 Å². The van der Waals surface area contributed by atoms with E-state index in [1.54, 1.807) is 46.0 Å². The van der Waals surface area contributed by atoms with Crippen molar-refractivity contribution in [3.8, 4) is 0 Å². The van der Waals surface area contributed by atoms with Crippen molar-refractivity contribution in [3.05, 3.63) is 68.6 Å². The van der Waals surface area contributed by atoms with E-state index in [2.05, 4.69) is 10.3 Å². The molecule has 1 saturated carbocycles. The number of nitrogens with one attached hydrogen (secondary N) is 1. The Morgan fingerprint density at radius 3 is 2.58 bits per heavy atom. The quantitative estimate of drug-likeness (QED) is 0.469. The van der Waals surface area contributed by atoms with Crippen molar-refractivity contribution < 1.29 is 9.59 Å². The number of likely N-dealkylation sites (tertiary alicyclic amines) is 1. The Kier molecular flexibility index (Phi) is 7.19. The third kappa shape index (κ3) is 5.42. The zero-order valence-corrected chi connectivity index (χ0v) is 22.3. The number of aryl methyl sites for hydroxylation is 1. The highest BCUT2D eigenvalue weighted by molar-refractivity contribution is 5.96. The molecule has 0 bridgehead atoms. The Morgan fingerprint density at radius 1 is 1.08 bits per heavy atom. The van der Waals surface area contributed by atoms with Gasteiger partial charge in [-0.1, -0.05) is 0 Å². The average molecular weight is 518 g/mol. The summed E-state index contributed by atoms with van der Waals surface area (Å²) in [5, 5.41) is 3.36. The third-order valence-electron chi connectivity index (χ3n) is 7.57. The summed E-state index contributed by atoms with van der Waals surface area (Å²) in [6.45, 7) is 7.26. The molecule has 2 aromatic heterocycles. The van der Waals surface area contributed by atoms with Gasteiger partial charge in [0.2, 0.25) is 0 Å². The number of ketones is 1. The van der Waals surface area contributed by atoms with Gasteiger partial charge in [-0.3, -0.25) is 23.7 Å². The van der Waals surface area contributed by atoms with Gasteiger partial charge in [-0.05, 0) is 88.6 Å². The molecule has 1 N–H and O–H groups in total. The van der Waals surface area contributed by atoms with E-state index in [1.165, 1.54) is 4.57 Å². The summed E-state index contributed by atoms with van der Waals surface area (Å²) >= 11 is 0. The number of nitrogens with zero attached hydrogens (tertiary/aromatic N) is 4. The molecule has 3 aromatic rings. The predicted molar refractivity (Wildman–Crippen MR) is 147 cm³/mol. The first-order chi connectivity index (χ1) is 18.2. The van der Waals surface area contributed by atoms with E-state index in [0.29, 0.717) is 54.1 Å². The highest BCUT2D eigenvalue weighted by Gasteiger charge is 2.27. The second-order valence-corrected chi connectivity index (χ2v) is 11.0. The summed E-state index contributed by atoms with van der Waals surface area (Å²) in [4.78, 5) is 58.3. The lowest BCUT2D eigenvalue weighted by Crippen LogP contribution is -2.43. The highest BCUT2D eigenvalue weighted by atomic mass is 16.2. The molecule has 1 aliphatic heterocycles. The third-order valence-corrected chi connectivity index (χ3v) is 7.57. The second kappa shape index (κ2) is 10.6. The van der Waals surface area contributed by atoms with Gasteiger partial charge in [0, 0.05) is 55.2 Å². The maximum absolute atomic E-state index is 13.3. The zero-order valence-electron chi connectivity index (χ0n) is 22.3. The van der Waals surface area contributed by atoms with Crippen molar-refractivity contribution in [3.63, 3.8) is 0 Å². The van der Waals surface area contributed by atoms with Crippen LogP contribution in [0.5, 0.6) is 0 Å². The highest BCUT2D eigenvalue weighted by Crippen LogP contribution is 2.30. The van der Waals surface area contributed by atoms with Gasteiger partial charge in [-0.25, -0.2) is 9.59 Å². The number of carbonyl (C=O) groups is 2. The van der Waals surface area contributed by atoms with E-state index in [1.807, 2.05) is 20.8 Å². The maximum Gasteiger partial charge on any atom is 0.331 e. The molecule has 2 aliphatic rings. The molecule has 9 heteroatoms. The molecule has 200 valence electrons. The minimum atomic E-state index is -0.312. The lowest BCUT2D eigenvalue weighted by molar-refractivity contribution is 0.0930. The average Bonchev–Trinajstić information content (AvgIpc) is 3.71. The minimum absolute atomic E-state index is 0.0657. The van der Waals surface area contributed by atoms with Crippen LogP contribution < -0.4 is 16.6 Å². The number of carbonyl (C=O) groups excluding carboxylic acids is 2. The van der Waals surface area contributed by atoms with Crippen LogP contribution in [0.2, 0.25) is 0 Å². The lowest BCUT2D eigenvalue weighted by atomic mass is 9.91. The van der Waals surface area contributed by atoms with Crippen LogP contribution >= 0.6 is 0 Å².